The van der Waals surface area contributed by atoms with Gasteiger partial charge < -0.3 is 15.5 Å². The monoisotopic (exact) mass is 339 g/mol. The molecule has 0 saturated carbocycles. The first kappa shape index (κ1) is 18.5. The highest BCUT2D eigenvalue weighted by Gasteiger charge is 2.08. The largest absolute Gasteiger partial charge is 0.365 e. The molecule has 0 radical (unpaired) electrons. The molecule has 0 aliphatic carbocycles. The summed E-state index contributed by atoms with van der Waals surface area (Å²) in [6.45, 7) is 4.46. The van der Waals surface area contributed by atoms with E-state index in [2.05, 4.69) is 10.6 Å². The van der Waals surface area contributed by atoms with Crippen LogP contribution in [0.15, 0.2) is 54.6 Å². The Hall–Kier alpha value is -2.82. The highest BCUT2D eigenvalue weighted by atomic mass is 16.2. The molecule has 0 aliphatic heterocycles. The summed E-state index contributed by atoms with van der Waals surface area (Å²) in [6, 6.07) is 17.3. The van der Waals surface area contributed by atoms with Crippen molar-refractivity contribution in [1.29, 1.82) is 0 Å². The molecular formula is C20H25N3O2. The first-order valence-corrected chi connectivity index (χ1v) is 8.38. The minimum Gasteiger partial charge on any atom is -0.365 e. The van der Waals surface area contributed by atoms with E-state index >= 15 is 0 Å². The second-order valence-corrected chi connectivity index (χ2v) is 6.31. The molecule has 0 atom stereocenters. The van der Waals surface area contributed by atoms with Gasteiger partial charge in [0.2, 0.25) is 11.8 Å². The van der Waals surface area contributed by atoms with Gasteiger partial charge in [-0.1, -0.05) is 44.2 Å². The van der Waals surface area contributed by atoms with Gasteiger partial charge in [-0.15, -0.1) is 0 Å². The SMILES string of the molecule is CC(C)C(=O)Nc1ccc(CNC(=O)CN(C)c2ccccc2)cc1. The highest BCUT2D eigenvalue weighted by Crippen LogP contribution is 2.12. The van der Waals surface area contributed by atoms with Gasteiger partial charge in [0.1, 0.15) is 0 Å². The maximum Gasteiger partial charge on any atom is 0.239 e. The molecule has 25 heavy (non-hydrogen) atoms. The van der Waals surface area contributed by atoms with Crippen LogP contribution in [0.2, 0.25) is 0 Å². The number of anilines is 2. The molecular weight excluding hydrogens is 314 g/mol. The number of para-hydroxylation sites is 1. The number of hydrogen-bond acceptors (Lipinski definition) is 3. The summed E-state index contributed by atoms with van der Waals surface area (Å²) in [5.74, 6) is -0.103. The third kappa shape index (κ3) is 5.95. The number of rotatable bonds is 7. The van der Waals surface area contributed by atoms with Crippen molar-refractivity contribution in [3.05, 3.63) is 60.2 Å². The van der Waals surface area contributed by atoms with Gasteiger partial charge in [-0.2, -0.15) is 0 Å². The van der Waals surface area contributed by atoms with Crippen LogP contribution in [0.4, 0.5) is 11.4 Å². The summed E-state index contributed by atoms with van der Waals surface area (Å²) in [5, 5.41) is 5.75. The second kappa shape index (κ2) is 8.87. The van der Waals surface area contributed by atoms with Gasteiger partial charge in [0.05, 0.1) is 6.54 Å². The van der Waals surface area contributed by atoms with Gasteiger partial charge in [0.15, 0.2) is 0 Å². The van der Waals surface area contributed by atoms with Crippen molar-refractivity contribution in [3.63, 3.8) is 0 Å². The number of carbonyl (C=O) groups excluding carboxylic acids is 2. The fourth-order valence-corrected chi connectivity index (χ4v) is 2.24. The molecule has 0 unspecified atom stereocenters. The van der Waals surface area contributed by atoms with E-state index in [9.17, 15) is 9.59 Å². The molecule has 2 aromatic carbocycles. The number of likely N-dealkylation sites (N-methyl/N-ethyl adjacent to an activating group) is 1. The summed E-state index contributed by atoms with van der Waals surface area (Å²) in [5.41, 5.74) is 2.75. The zero-order valence-electron chi connectivity index (χ0n) is 15.0. The first-order valence-electron chi connectivity index (χ1n) is 8.38. The Kier molecular flexibility index (Phi) is 6.57. The predicted octanol–water partition coefficient (Wildman–Crippen LogP) is 3.03. The van der Waals surface area contributed by atoms with E-state index in [1.165, 1.54) is 0 Å². The molecule has 2 amide bonds. The normalized spacial score (nSPS) is 10.4. The third-order valence-corrected chi connectivity index (χ3v) is 3.81. The summed E-state index contributed by atoms with van der Waals surface area (Å²) < 4.78 is 0. The topological polar surface area (TPSA) is 61.4 Å². The molecule has 2 aromatic rings. The van der Waals surface area contributed by atoms with Crippen LogP contribution < -0.4 is 15.5 Å². The third-order valence-electron chi connectivity index (χ3n) is 3.81. The molecule has 0 spiro atoms. The fourth-order valence-electron chi connectivity index (χ4n) is 2.24. The summed E-state index contributed by atoms with van der Waals surface area (Å²) >= 11 is 0. The fraction of sp³-hybridized carbons (Fsp3) is 0.300. The lowest BCUT2D eigenvalue weighted by Gasteiger charge is -2.18. The van der Waals surface area contributed by atoms with E-state index < -0.39 is 0 Å². The van der Waals surface area contributed by atoms with Crippen LogP contribution in [0.25, 0.3) is 0 Å². The number of nitrogens with one attached hydrogen (secondary N) is 2. The summed E-state index contributed by atoms with van der Waals surface area (Å²) in [4.78, 5) is 25.6. The Bertz CT molecular complexity index is 697. The Labute approximate surface area is 149 Å². The lowest BCUT2D eigenvalue weighted by Crippen LogP contribution is -2.34. The highest BCUT2D eigenvalue weighted by molar-refractivity contribution is 5.92. The van der Waals surface area contributed by atoms with Gasteiger partial charge in [-0.3, -0.25) is 9.59 Å². The van der Waals surface area contributed by atoms with Crippen LogP contribution in [-0.4, -0.2) is 25.4 Å². The van der Waals surface area contributed by atoms with Gasteiger partial charge in [-0.25, -0.2) is 0 Å². The average Bonchev–Trinajstić information content (AvgIpc) is 2.61. The predicted molar refractivity (Wildman–Crippen MR) is 101 cm³/mol. The van der Waals surface area contributed by atoms with Crippen LogP contribution in [0.1, 0.15) is 19.4 Å². The van der Waals surface area contributed by atoms with Crippen molar-refractivity contribution in [3.8, 4) is 0 Å². The molecule has 5 heteroatoms. The Morgan fingerprint density at radius 3 is 2.24 bits per heavy atom. The van der Waals surface area contributed by atoms with Crippen molar-refractivity contribution in [1.82, 2.24) is 5.32 Å². The number of carbonyl (C=O) groups is 2. The smallest absolute Gasteiger partial charge is 0.239 e. The number of hydrogen-bond donors (Lipinski definition) is 2. The molecule has 5 nitrogen and oxygen atoms in total. The van der Waals surface area contributed by atoms with Crippen molar-refractivity contribution >= 4 is 23.2 Å². The first-order chi connectivity index (χ1) is 12.0. The Morgan fingerprint density at radius 2 is 1.64 bits per heavy atom. The van der Waals surface area contributed by atoms with Gasteiger partial charge in [0, 0.05) is 30.9 Å². The van der Waals surface area contributed by atoms with Crippen molar-refractivity contribution in [2.75, 3.05) is 23.8 Å². The minimum atomic E-state index is -0.0550. The van der Waals surface area contributed by atoms with E-state index in [1.54, 1.807) is 0 Å². The number of amides is 2. The van der Waals surface area contributed by atoms with E-state index in [4.69, 9.17) is 0 Å². The van der Waals surface area contributed by atoms with Crippen molar-refractivity contribution in [2.45, 2.75) is 20.4 Å². The van der Waals surface area contributed by atoms with Crippen molar-refractivity contribution < 1.29 is 9.59 Å². The quantitative estimate of drug-likeness (QED) is 0.815. The van der Waals surface area contributed by atoms with E-state index in [-0.39, 0.29) is 17.7 Å². The molecule has 0 fully saturated rings. The maximum absolute atomic E-state index is 12.1. The molecule has 0 aromatic heterocycles. The van der Waals surface area contributed by atoms with E-state index in [0.717, 1.165) is 16.9 Å². The zero-order chi connectivity index (χ0) is 18.2. The standard InChI is InChI=1S/C20H25N3O2/c1-15(2)20(25)22-17-11-9-16(10-12-17)13-21-19(24)14-23(3)18-7-5-4-6-8-18/h4-12,15H,13-14H2,1-3H3,(H,21,24)(H,22,25). The lowest BCUT2D eigenvalue weighted by molar-refractivity contribution is -0.120. The molecule has 0 aliphatic rings. The second-order valence-electron chi connectivity index (χ2n) is 6.31. The zero-order valence-corrected chi connectivity index (χ0v) is 15.0. The van der Waals surface area contributed by atoms with Crippen LogP contribution in [0.5, 0.6) is 0 Å². The van der Waals surface area contributed by atoms with Crippen molar-refractivity contribution in [2.24, 2.45) is 5.92 Å². The van der Waals surface area contributed by atoms with Crippen LogP contribution in [-0.2, 0) is 16.1 Å². The molecule has 2 rings (SSSR count). The molecule has 0 bridgehead atoms. The van der Waals surface area contributed by atoms with Crippen LogP contribution in [0, 0.1) is 5.92 Å². The van der Waals surface area contributed by atoms with Gasteiger partial charge >= 0.3 is 0 Å². The molecule has 2 N–H and O–H groups in total. The molecule has 0 heterocycles. The van der Waals surface area contributed by atoms with Crippen LogP contribution >= 0.6 is 0 Å². The molecule has 132 valence electrons. The molecule has 0 saturated heterocycles. The lowest BCUT2D eigenvalue weighted by atomic mass is 10.1. The average molecular weight is 339 g/mol. The maximum atomic E-state index is 12.1. The minimum absolute atomic E-state index is 0.00926. The Morgan fingerprint density at radius 1 is 1.00 bits per heavy atom. The summed E-state index contributed by atoms with van der Waals surface area (Å²) in [6.07, 6.45) is 0. The van der Waals surface area contributed by atoms with E-state index in [0.29, 0.717) is 13.1 Å². The van der Waals surface area contributed by atoms with Gasteiger partial charge in [-0.05, 0) is 29.8 Å². The van der Waals surface area contributed by atoms with E-state index in [1.807, 2.05) is 80.4 Å². The van der Waals surface area contributed by atoms with Crippen LogP contribution in [0.3, 0.4) is 0 Å². The summed E-state index contributed by atoms with van der Waals surface area (Å²) in [7, 11) is 1.89. The van der Waals surface area contributed by atoms with Gasteiger partial charge in [0.25, 0.3) is 0 Å². The number of nitrogens with zero attached hydrogens (tertiary/aromatic N) is 1. The number of benzene rings is 2. The Balaban J connectivity index is 1.80.